The van der Waals surface area contributed by atoms with Gasteiger partial charge in [-0.2, -0.15) is 13.2 Å². The van der Waals surface area contributed by atoms with Crippen LogP contribution in [0.4, 0.5) is 13.2 Å². The molecule has 0 saturated heterocycles. The van der Waals surface area contributed by atoms with Gasteiger partial charge in [0.1, 0.15) is 5.82 Å². The van der Waals surface area contributed by atoms with E-state index in [4.69, 9.17) is 0 Å². The molecule has 0 aliphatic rings. The number of carbonyl (C=O) groups excluding carboxylic acids is 1. The van der Waals surface area contributed by atoms with E-state index in [-0.39, 0.29) is 17.9 Å². The third-order valence-corrected chi connectivity index (χ3v) is 4.57. The molecule has 152 valence electrons. The Morgan fingerprint density at radius 2 is 1.93 bits per heavy atom. The zero-order valence-corrected chi connectivity index (χ0v) is 15.7. The number of para-hydroxylation sites is 1. The van der Waals surface area contributed by atoms with Crippen LogP contribution in [0.3, 0.4) is 0 Å². The number of halogens is 3. The first-order chi connectivity index (χ1) is 13.7. The Hall–Kier alpha value is -3.16. The standard InChI is InChI=1S/C21H20F3N3O2/c1-13(14-6-4-7-15(12-14)21(22,23)24)25-19(28)11-5-10-18-26-17-9-3-2-8-16(17)20(29)27-18/h2-4,6-9,12-13H,5,10-11H2,1H3,(H,25,28)(H,26,27,29)/t13-/m1/s1. The van der Waals surface area contributed by atoms with E-state index in [1.807, 2.05) is 0 Å². The summed E-state index contributed by atoms with van der Waals surface area (Å²) in [5.41, 5.74) is -0.00165. The summed E-state index contributed by atoms with van der Waals surface area (Å²) in [5, 5.41) is 3.21. The Balaban J connectivity index is 1.56. The number of amides is 1. The molecule has 5 nitrogen and oxygen atoms in total. The Kier molecular flexibility index (Phi) is 6.00. The molecule has 1 atom stereocenters. The van der Waals surface area contributed by atoms with Gasteiger partial charge in [0.2, 0.25) is 5.91 Å². The molecule has 0 aliphatic carbocycles. The maximum absolute atomic E-state index is 12.8. The minimum atomic E-state index is -4.43. The van der Waals surface area contributed by atoms with Gasteiger partial charge in [-0.3, -0.25) is 9.59 Å². The van der Waals surface area contributed by atoms with Crippen LogP contribution in [-0.2, 0) is 17.4 Å². The van der Waals surface area contributed by atoms with E-state index in [9.17, 15) is 22.8 Å². The molecule has 0 spiro atoms. The van der Waals surface area contributed by atoms with E-state index < -0.39 is 17.8 Å². The van der Waals surface area contributed by atoms with E-state index >= 15 is 0 Å². The third kappa shape index (κ3) is 5.22. The van der Waals surface area contributed by atoms with Gasteiger partial charge in [0.25, 0.3) is 5.56 Å². The zero-order chi connectivity index (χ0) is 21.0. The van der Waals surface area contributed by atoms with Crippen molar-refractivity contribution in [3.05, 3.63) is 75.8 Å². The fourth-order valence-corrected chi connectivity index (χ4v) is 3.05. The molecule has 1 heterocycles. The van der Waals surface area contributed by atoms with E-state index in [0.29, 0.717) is 35.1 Å². The fourth-order valence-electron chi connectivity index (χ4n) is 3.05. The molecule has 1 amide bonds. The Bertz CT molecular complexity index is 1080. The van der Waals surface area contributed by atoms with Crippen LogP contribution in [0.25, 0.3) is 10.9 Å². The second-order valence-corrected chi connectivity index (χ2v) is 6.80. The van der Waals surface area contributed by atoms with Crippen LogP contribution in [0.2, 0.25) is 0 Å². The van der Waals surface area contributed by atoms with Gasteiger partial charge in [0, 0.05) is 12.8 Å². The molecular weight excluding hydrogens is 383 g/mol. The first-order valence-corrected chi connectivity index (χ1v) is 9.18. The van der Waals surface area contributed by atoms with Crippen LogP contribution in [0.5, 0.6) is 0 Å². The number of aromatic nitrogens is 2. The van der Waals surface area contributed by atoms with E-state index in [2.05, 4.69) is 15.3 Å². The highest BCUT2D eigenvalue weighted by Crippen LogP contribution is 2.30. The Labute approximate surface area is 165 Å². The second-order valence-electron chi connectivity index (χ2n) is 6.80. The number of carbonyl (C=O) groups is 1. The fraction of sp³-hybridized carbons (Fsp3) is 0.286. The van der Waals surface area contributed by atoms with Crippen molar-refractivity contribution in [2.75, 3.05) is 0 Å². The number of hydrogen-bond donors (Lipinski definition) is 2. The van der Waals surface area contributed by atoms with Crippen molar-refractivity contribution < 1.29 is 18.0 Å². The molecule has 0 saturated carbocycles. The third-order valence-electron chi connectivity index (χ3n) is 4.57. The van der Waals surface area contributed by atoms with Crippen LogP contribution >= 0.6 is 0 Å². The van der Waals surface area contributed by atoms with Crippen LogP contribution in [-0.4, -0.2) is 15.9 Å². The molecule has 2 N–H and O–H groups in total. The highest BCUT2D eigenvalue weighted by atomic mass is 19.4. The molecule has 3 rings (SSSR count). The summed E-state index contributed by atoms with van der Waals surface area (Å²) in [5.74, 6) is 0.213. The maximum atomic E-state index is 12.8. The average molecular weight is 403 g/mol. The van der Waals surface area contributed by atoms with Crippen molar-refractivity contribution in [1.82, 2.24) is 15.3 Å². The minimum absolute atomic E-state index is 0.167. The Morgan fingerprint density at radius 1 is 1.17 bits per heavy atom. The topological polar surface area (TPSA) is 74.8 Å². The zero-order valence-electron chi connectivity index (χ0n) is 15.7. The first kappa shape index (κ1) is 20.6. The van der Waals surface area contributed by atoms with Gasteiger partial charge in [0.05, 0.1) is 22.5 Å². The SMILES string of the molecule is C[C@@H](NC(=O)CCCc1nc2ccccc2c(=O)[nH]1)c1cccc(C(F)(F)F)c1. The number of fused-ring (bicyclic) bond motifs is 1. The molecule has 29 heavy (non-hydrogen) atoms. The van der Waals surface area contributed by atoms with Gasteiger partial charge in [-0.25, -0.2) is 4.98 Å². The summed E-state index contributed by atoms with van der Waals surface area (Å²) in [6.07, 6.45) is -3.41. The van der Waals surface area contributed by atoms with Gasteiger partial charge in [-0.1, -0.05) is 24.3 Å². The number of alkyl halides is 3. The highest BCUT2D eigenvalue weighted by molar-refractivity contribution is 5.77. The minimum Gasteiger partial charge on any atom is -0.350 e. The number of nitrogens with zero attached hydrogens (tertiary/aromatic N) is 1. The second kappa shape index (κ2) is 8.46. The quantitative estimate of drug-likeness (QED) is 0.650. The van der Waals surface area contributed by atoms with E-state index in [1.54, 1.807) is 37.3 Å². The van der Waals surface area contributed by atoms with Crippen molar-refractivity contribution >= 4 is 16.8 Å². The van der Waals surface area contributed by atoms with Crippen LogP contribution < -0.4 is 10.9 Å². The number of H-pyrrole nitrogens is 1. The number of nitrogens with one attached hydrogen (secondary N) is 2. The normalized spacial score (nSPS) is 12.7. The average Bonchev–Trinajstić information content (AvgIpc) is 2.67. The summed E-state index contributed by atoms with van der Waals surface area (Å²) in [4.78, 5) is 31.3. The van der Waals surface area contributed by atoms with Gasteiger partial charge in [0.15, 0.2) is 0 Å². The van der Waals surface area contributed by atoms with Crippen molar-refractivity contribution in [3.63, 3.8) is 0 Å². The molecule has 1 aromatic heterocycles. The number of rotatable bonds is 6. The predicted molar refractivity (Wildman–Crippen MR) is 103 cm³/mol. The number of hydrogen-bond acceptors (Lipinski definition) is 3. The molecule has 0 fully saturated rings. The van der Waals surface area contributed by atoms with Crippen LogP contribution in [0, 0.1) is 0 Å². The lowest BCUT2D eigenvalue weighted by Gasteiger charge is -2.16. The summed E-state index contributed by atoms with van der Waals surface area (Å²) in [7, 11) is 0. The number of benzene rings is 2. The molecule has 0 radical (unpaired) electrons. The summed E-state index contributed by atoms with van der Waals surface area (Å²) < 4.78 is 38.5. The summed E-state index contributed by atoms with van der Waals surface area (Å²) >= 11 is 0. The lowest BCUT2D eigenvalue weighted by molar-refractivity contribution is -0.137. The van der Waals surface area contributed by atoms with E-state index in [0.717, 1.165) is 12.1 Å². The summed E-state index contributed by atoms with van der Waals surface area (Å²) in [6, 6.07) is 11.3. The van der Waals surface area contributed by atoms with Crippen molar-refractivity contribution in [2.45, 2.75) is 38.4 Å². The van der Waals surface area contributed by atoms with Crippen LogP contribution in [0.1, 0.15) is 42.8 Å². The van der Waals surface area contributed by atoms with Crippen molar-refractivity contribution in [3.8, 4) is 0 Å². The van der Waals surface area contributed by atoms with Gasteiger partial charge < -0.3 is 10.3 Å². The number of aromatic amines is 1. The predicted octanol–water partition coefficient (Wildman–Crippen LogP) is 4.14. The molecular formula is C21H20F3N3O2. The van der Waals surface area contributed by atoms with Gasteiger partial charge in [-0.05, 0) is 43.2 Å². The lowest BCUT2D eigenvalue weighted by Crippen LogP contribution is -2.26. The molecule has 8 heteroatoms. The maximum Gasteiger partial charge on any atom is 0.416 e. The van der Waals surface area contributed by atoms with Crippen LogP contribution in [0.15, 0.2) is 53.3 Å². The van der Waals surface area contributed by atoms with Crippen molar-refractivity contribution in [2.24, 2.45) is 0 Å². The largest absolute Gasteiger partial charge is 0.416 e. The van der Waals surface area contributed by atoms with E-state index in [1.165, 1.54) is 6.07 Å². The summed E-state index contributed by atoms with van der Waals surface area (Å²) in [6.45, 7) is 1.63. The number of aryl methyl sites for hydroxylation is 1. The molecule has 0 unspecified atom stereocenters. The highest BCUT2D eigenvalue weighted by Gasteiger charge is 2.30. The molecule has 2 aromatic carbocycles. The van der Waals surface area contributed by atoms with Gasteiger partial charge in [-0.15, -0.1) is 0 Å². The smallest absolute Gasteiger partial charge is 0.350 e. The molecule has 0 bridgehead atoms. The van der Waals surface area contributed by atoms with Gasteiger partial charge >= 0.3 is 6.18 Å². The monoisotopic (exact) mass is 403 g/mol. The Morgan fingerprint density at radius 3 is 2.69 bits per heavy atom. The molecule has 0 aliphatic heterocycles. The van der Waals surface area contributed by atoms with Crippen molar-refractivity contribution in [1.29, 1.82) is 0 Å². The first-order valence-electron chi connectivity index (χ1n) is 9.18. The molecule has 3 aromatic rings. The lowest BCUT2D eigenvalue weighted by atomic mass is 10.0.